The average Bonchev–Trinajstić information content (AvgIpc) is 3.29. The van der Waals surface area contributed by atoms with Crippen LogP contribution in [0.1, 0.15) is 68.9 Å². The molecule has 3 fully saturated rings. The summed E-state index contributed by atoms with van der Waals surface area (Å²) in [5.74, 6) is 0.366. The monoisotopic (exact) mass is 390 g/mol. The number of ether oxygens (including phenoxy) is 1. The number of fused-ring (bicyclic) bond motifs is 1. The summed E-state index contributed by atoms with van der Waals surface area (Å²) in [6.45, 7) is 0.469. The minimum atomic E-state index is -0.239. The Kier molecular flexibility index (Phi) is 4.32. The fourth-order valence-corrected chi connectivity index (χ4v) is 6.35. The molecule has 2 aromatic rings. The summed E-state index contributed by atoms with van der Waals surface area (Å²) >= 11 is 3.00. The van der Waals surface area contributed by atoms with E-state index in [0.717, 1.165) is 35.9 Å². The molecular weight excluding hydrogens is 368 g/mol. The van der Waals surface area contributed by atoms with Crippen molar-refractivity contribution in [3.63, 3.8) is 0 Å². The van der Waals surface area contributed by atoms with E-state index >= 15 is 0 Å². The first-order chi connectivity index (χ1) is 12.7. The Bertz CT molecular complexity index is 909. The van der Waals surface area contributed by atoms with Gasteiger partial charge in [0.1, 0.15) is 10.1 Å². The van der Waals surface area contributed by atoms with Crippen molar-refractivity contribution in [2.24, 2.45) is 0 Å². The predicted molar refractivity (Wildman–Crippen MR) is 103 cm³/mol. The Balaban J connectivity index is 1.63. The lowest BCUT2D eigenvalue weighted by Gasteiger charge is -2.26. The smallest absolute Gasteiger partial charge is 0.319 e. The maximum Gasteiger partial charge on any atom is 0.319 e. The number of hydrogen-bond acceptors (Lipinski definition) is 6. The van der Waals surface area contributed by atoms with Gasteiger partial charge in [0.2, 0.25) is 0 Å². The number of rotatable bonds is 4. The number of aromatic nitrogens is 2. The molecule has 0 bridgehead atoms. The van der Waals surface area contributed by atoms with E-state index in [0.29, 0.717) is 24.1 Å². The van der Waals surface area contributed by atoms with Crippen molar-refractivity contribution in [1.29, 1.82) is 0 Å². The van der Waals surface area contributed by atoms with Gasteiger partial charge in [-0.3, -0.25) is 14.2 Å². The molecule has 138 valence electrons. The highest BCUT2D eigenvalue weighted by atomic mass is 32.2. The third-order valence-corrected chi connectivity index (χ3v) is 7.83. The van der Waals surface area contributed by atoms with E-state index in [1.807, 2.05) is 4.57 Å². The highest BCUT2D eigenvalue weighted by Gasteiger charge is 2.33. The Morgan fingerprint density at radius 3 is 2.62 bits per heavy atom. The van der Waals surface area contributed by atoms with Crippen molar-refractivity contribution < 1.29 is 9.53 Å². The van der Waals surface area contributed by atoms with Gasteiger partial charge >= 0.3 is 5.97 Å². The Morgan fingerprint density at radius 2 is 1.92 bits per heavy atom. The fourth-order valence-electron chi connectivity index (χ4n) is 4.16. The summed E-state index contributed by atoms with van der Waals surface area (Å²) < 4.78 is 7.04. The molecule has 2 saturated carbocycles. The van der Waals surface area contributed by atoms with Crippen LogP contribution in [0.2, 0.25) is 0 Å². The number of carbonyl (C=O) groups excluding carboxylic acids is 1. The minimum absolute atomic E-state index is 0.110. The standard InChI is InChI=1S/C19H22N2O3S2/c22-17-15-13(11-6-7-11)10-25-16(15)20-19(26-14-8-9-24-18(14)23)21(17)12-4-2-1-3-5-12/h10-12,14H,1-9H2. The molecule has 0 radical (unpaired) electrons. The molecule has 5 nitrogen and oxygen atoms in total. The van der Waals surface area contributed by atoms with Crippen molar-refractivity contribution in [1.82, 2.24) is 9.55 Å². The van der Waals surface area contributed by atoms with Gasteiger partial charge in [-0.05, 0) is 42.5 Å². The highest BCUT2D eigenvalue weighted by Crippen LogP contribution is 2.45. The first kappa shape index (κ1) is 16.8. The predicted octanol–water partition coefficient (Wildman–Crippen LogP) is 4.25. The van der Waals surface area contributed by atoms with Crippen LogP contribution in [-0.2, 0) is 9.53 Å². The Labute approximate surface area is 160 Å². The summed E-state index contributed by atoms with van der Waals surface area (Å²) in [7, 11) is 0. The largest absolute Gasteiger partial charge is 0.465 e. The zero-order valence-corrected chi connectivity index (χ0v) is 16.2. The van der Waals surface area contributed by atoms with Crippen LogP contribution in [0.25, 0.3) is 10.2 Å². The molecule has 3 aliphatic rings. The number of hydrogen-bond donors (Lipinski definition) is 0. The maximum absolute atomic E-state index is 13.5. The number of thiophene rings is 1. The third-order valence-electron chi connectivity index (χ3n) is 5.73. The second-order valence-electron chi connectivity index (χ2n) is 7.57. The van der Waals surface area contributed by atoms with Crippen LogP contribution >= 0.6 is 23.1 Å². The molecule has 2 aliphatic carbocycles. The lowest BCUT2D eigenvalue weighted by Crippen LogP contribution is -2.29. The second-order valence-corrected chi connectivity index (χ2v) is 9.60. The van der Waals surface area contributed by atoms with E-state index < -0.39 is 0 Å². The van der Waals surface area contributed by atoms with Crippen LogP contribution in [0.4, 0.5) is 0 Å². The fraction of sp³-hybridized carbons (Fsp3) is 0.632. The summed E-state index contributed by atoms with van der Waals surface area (Å²) in [5, 5.41) is 3.43. The Morgan fingerprint density at radius 1 is 1.12 bits per heavy atom. The minimum Gasteiger partial charge on any atom is -0.465 e. The molecule has 1 aliphatic heterocycles. The van der Waals surface area contributed by atoms with Gasteiger partial charge in [-0.15, -0.1) is 11.3 Å². The SMILES string of the molecule is O=C1OCCC1Sc1nc2scc(C3CC3)c2c(=O)n1C1CCCCC1. The van der Waals surface area contributed by atoms with Crippen LogP contribution < -0.4 is 5.56 Å². The van der Waals surface area contributed by atoms with Gasteiger partial charge in [0, 0.05) is 12.5 Å². The van der Waals surface area contributed by atoms with E-state index in [4.69, 9.17) is 9.72 Å². The van der Waals surface area contributed by atoms with E-state index in [2.05, 4.69) is 5.38 Å². The molecule has 3 heterocycles. The van der Waals surface area contributed by atoms with E-state index in [-0.39, 0.29) is 22.8 Å². The molecule has 0 N–H and O–H groups in total. The Hall–Kier alpha value is -1.34. The summed E-state index contributed by atoms with van der Waals surface area (Å²) in [5.41, 5.74) is 1.31. The zero-order valence-electron chi connectivity index (χ0n) is 14.6. The lowest BCUT2D eigenvalue weighted by atomic mass is 9.95. The van der Waals surface area contributed by atoms with Gasteiger partial charge in [0.25, 0.3) is 5.56 Å². The molecule has 1 saturated heterocycles. The summed E-state index contributed by atoms with van der Waals surface area (Å²) in [6.07, 6.45) is 8.66. The van der Waals surface area contributed by atoms with Gasteiger partial charge in [0.05, 0.1) is 12.0 Å². The molecule has 1 unspecified atom stereocenters. The van der Waals surface area contributed by atoms with Crippen molar-refractivity contribution in [3.8, 4) is 0 Å². The molecule has 7 heteroatoms. The van der Waals surface area contributed by atoms with E-state index in [1.54, 1.807) is 11.3 Å². The number of cyclic esters (lactones) is 1. The third kappa shape index (κ3) is 2.89. The quantitative estimate of drug-likeness (QED) is 0.577. The van der Waals surface area contributed by atoms with Crippen molar-refractivity contribution in [2.75, 3.05) is 6.61 Å². The van der Waals surface area contributed by atoms with E-state index in [1.165, 1.54) is 36.6 Å². The molecule has 26 heavy (non-hydrogen) atoms. The van der Waals surface area contributed by atoms with Crippen LogP contribution in [0.15, 0.2) is 15.3 Å². The zero-order chi connectivity index (χ0) is 17.7. The number of nitrogens with zero attached hydrogens (tertiary/aromatic N) is 2. The van der Waals surface area contributed by atoms with Crippen LogP contribution in [0.3, 0.4) is 0 Å². The summed E-state index contributed by atoms with van der Waals surface area (Å²) in [4.78, 5) is 31.2. The second kappa shape index (κ2) is 6.68. The van der Waals surface area contributed by atoms with Gasteiger partial charge in [-0.1, -0.05) is 31.0 Å². The van der Waals surface area contributed by atoms with Crippen LogP contribution in [0, 0.1) is 0 Å². The topological polar surface area (TPSA) is 61.2 Å². The molecule has 0 aromatic carbocycles. The van der Waals surface area contributed by atoms with Gasteiger partial charge in [0.15, 0.2) is 5.16 Å². The van der Waals surface area contributed by atoms with Crippen molar-refractivity contribution in [3.05, 3.63) is 21.3 Å². The average molecular weight is 391 g/mol. The van der Waals surface area contributed by atoms with Crippen molar-refractivity contribution in [2.45, 2.75) is 73.7 Å². The lowest BCUT2D eigenvalue weighted by molar-refractivity contribution is -0.137. The van der Waals surface area contributed by atoms with Gasteiger partial charge in [-0.2, -0.15) is 0 Å². The molecular formula is C19H22N2O3S2. The first-order valence-corrected chi connectivity index (χ1v) is 11.3. The number of carbonyl (C=O) groups is 1. The number of esters is 1. The van der Waals surface area contributed by atoms with Crippen molar-refractivity contribution >= 4 is 39.3 Å². The molecule has 1 atom stereocenters. The van der Waals surface area contributed by atoms with E-state index in [9.17, 15) is 9.59 Å². The molecule has 0 spiro atoms. The van der Waals surface area contributed by atoms with Gasteiger partial charge < -0.3 is 4.74 Å². The van der Waals surface area contributed by atoms with Gasteiger partial charge in [-0.25, -0.2) is 4.98 Å². The molecule has 2 aromatic heterocycles. The number of thioether (sulfide) groups is 1. The van der Waals surface area contributed by atoms with Crippen LogP contribution in [-0.4, -0.2) is 27.4 Å². The van der Waals surface area contributed by atoms with Crippen LogP contribution in [0.5, 0.6) is 0 Å². The first-order valence-electron chi connectivity index (χ1n) is 9.59. The summed E-state index contributed by atoms with van der Waals surface area (Å²) in [6, 6.07) is 0.208. The molecule has 5 rings (SSSR count). The maximum atomic E-state index is 13.5. The normalized spacial score (nSPS) is 24.3. The molecule has 0 amide bonds. The highest BCUT2D eigenvalue weighted by molar-refractivity contribution is 8.00.